The summed E-state index contributed by atoms with van der Waals surface area (Å²) < 4.78 is 5.30. The molecule has 1 saturated heterocycles. The molecule has 0 radical (unpaired) electrons. The van der Waals surface area contributed by atoms with Crippen molar-refractivity contribution in [2.45, 2.75) is 12.8 Å². The summed E-state index contributed by atoms with van der Waals surface area (Å²) in [6, 6.07) is 28.8. The zero-order valence-corrected chi connectivity index (χ0v) is 18.6. The van der Waals surface area contributed by atoms with Gasteiger partial charge in [-0.25, -0.2) is 0 Å². The Kier molecular flexibility index (Phi) is 7.23. The molecule has 3 aromatic rings. The molecule has 0 saturated carbocycles. The van der Waals surface area contributed by atoms with Crippen molar-refractivity contribution in [1.82, 2.24) is 4.90 Å². The van der Waals surface area contributed by atoms with Gasteiger partial charge in [0, 0.05) is 31.9 Å². The summed E-state index contributed by atoms with van der Waals surface area (Å²) in [4.78, 5) is 17.5. The monoisotopic (exact) mass is 426 g/mol. The van der Waals surface area contributed by atoms with Crippen molar-refractivity contribution in [2.24, 2.45) is 0 Å². The number of hydrogen-bond donors (Lipinski definition) is 0. The molecule has 4 heteroatoms. The number of rotatable bonds is 7. The highest BCUT2D eigenvalue weighted by Gasteiger charge is 2.22. The molecule has 3 aromatic carbocycles. The van der Waals surface area contributed by atoms with Gasteiger partial charge in [0.2, 0.25) is 5.91 Å². The number of carbonyl (C=O) groups is 1. The Balaban J connectivity index is 1.44. The first-order chi connectivity index (χ1) is 15.7. The molecular weight excluding hydrogens is 396 g/mol. The Hall–Kier alpha value is -3.53. The second kappa shape index (κ2) is 10.7. The Morgan fingerprint density at radius 2 is 1.47 bits per heavy atom. The largest absolute Gasteiger partial charge is 0.497 e. The van der Waals surface area contributed by atoms with Crippen LogP contribution in [0, 0.1) is 0 Å². The highest BCUT2D eigenvalue weighted by atomic mass is 16.5. The van der Waals surface area contributed by atoms with Crippen molar-refractivity contribution in [3.05, 3.63) is 102 Å². The Bertz CT molecular complexity index is 1020. The second-order valence-electron chi connectivity index (χ2n) is 8.03. The van der Waals surface area contributed by atoms with E-state index in [2.05, 4.69) is 47.4 Å². The Morgan fingerprint density at radius 3 is 2.09 bits per heavy atom. The number of ether oxygens (including phenoxy) is 1. The fourth-order valence-electron chi connectivity index (χ4n) is 4.08. The minimum Gasteiger partial charge on any atom is -0.497 e. The van der Waals surface area contributed by atoms with E-state index in [-0.39, 0.29) is 5.91 Å². The Morgan fingerprint density at radius 1 is 0.844 bits per heavy atom. The van der Waals surface area contributed by atoms with Crippen molar-refractivity contribution >= 4 is 17.2 Å². The van der Waals surface area contributed by atoms with Gasteiger partial charge >= 0.3 is 0 Å². The van der Waals surface area contributed by atoms with Gasteiger partial charge in [-0.3, -0.25) is 4.79 Å². The molecule has 0 spiro atoms. The number of para-hydroxylation sites is 1. The number of nitrogens with zero attached hydrogens (tertiary/aromatic N) is 2. The van der Waals surface area contributed by atoms with E-state index in [0.29, 0.717) is 6.42 Å². The molecule has 0 atom stereocenters. The van der Waals surface area contributed by atoms with Crippen molar-refractivity contribution in [3.8, 4) is 5.75 Å². The van der Waals surface area contributed by atoms with Gasteiger partial charge in [-0.05, 0) is 47.4 Å². The summed E-state index contributed by atoms with van der Waals surface area (Å²) in [6.07, 6.45) is 3.40. The molecule has 0 aromatic heterocycles. The lowest BCUT2D eigenvalue weighted by Gasteiger charge is -2.36. The maximum Gasteiger partial charge on any atom is 0.227 e. The predicted molar refractivity (Wildman–Crippen MR) is 131 cm³/mol. The number of amides is 1. The molecule has 1 aliphatic heterocycles. The molecule has 4 nitrogen and oxygen atoms in total. The molecule has 1 aliphatic rings. The first-order valence-electron chi connectivity index (χ1n) is 11.2. The number of carbonyl (C=O) groups excluding carboxylic acids is 1. The molecule has 1 heterocycles. The van der Waals surface area contributed by atoms with E-state index in [4.69, 9.17) is 4.74 Å². The predicted octanol–water partition coefficient (Wildman–Crippen LogP) is 5.06. The number of piperazine rings is 1. The number of hydrogen-bond acceptors (Lipinski definition) is 3. The second-order valence-corrected chi connectivity index (χ2v) is 8.03. The van der Waals surface area contributed by atoms with Crippen molar-refractivity contribution in [1.29, 1.82) is 0 Å². The molecule has 4 rings (SSSR count). The number of anilines is 1. The highest BCUT2D eigenvalue weighted by Crippen LogP contribution is 2.24. The molecule has 0 bridgehead atoms. The van der Waals surface area contributed by atoms with Gasteiger partial charge in [-0.1, -0.05) is 66.7 Å². The van der Waals surface area contributed by atoms with Crippen LogP contribution in [0.3, 0.4) is 0 Å². The molecule has 1 amide bonds. The van der Waals surface area contributed by atoms with E-state index in [9.17, 15) is 4.79 Å². The minimum absolute atomic E-state index is 0.188. The molecule has 0 aliphatic carbocycles. The summed E-state index contributed by atoms with van der Waals surface area (Å²) in [5, 5.41) is 0. The highest BCUT2D eigenvalue weighted by molar-refractivity contribution is 5.89. The maximum atomic E-state index is 13.2. The summed E-state index contributed by atoms with van der Waals surface area (Å²) in [5.74, 6) is 1.01. The average Bonchev–Trinajstić information content (AvgIpc) is 2.88. The van der Waals surface area contributed by atoms with Crippen LogP contribution in [0.15, 0.2) is 91.0 Å². The van der Waals surface area contributed by atoms with E-state index in [1.54, 1.807) is 7.11 Å². The lowest BCUT2D eigenvalue weighted by Crippen LogP contribution is -2.48. The molecule has 0 N–H and O–H groups in total. The van der Waals surface area contributed by atoms with Gasteiger partial charge in [0.1, 0.15) is 5.75 Å². The van der Waals surface area contributed by atoms with Crippen LogP contribution in [-0.4, -0.2) is 44.1 Å². The van der Waals surface area contributed by atoms with Crippen LogP contribution >= 0.6 is 0 Å². The smallest absolute Gasteiger partial charge is 0.227 e. The molecule has 32 heavy (non-hydrogen) atoms. The van der Waals surface area contributed by atoms with Crippen LogP contribution in [-0.2, 0) is 11.2 Å². The molecule has 1 fully saturated rings. The fourth-order valence-corrected chi connectivity index (χ4v) is 4.08. The van der Waals surface area contributed by atoms with E-state index < -0.39 is 0 Å². The van der Waals surface area contributed by atoms with Crippen LogP contribution in [0.2, 0.25) is 0 Å². The van der Waals surface area contributed by atoms with Crippen LogP contribution in [0.4, 0.5) is 5.69 Å². The van der Waals surface area contributed by atoms with Crippen LogP contribution in [0.25, 0.3) is 5.57 Å². The molecule has 164 valence electrons. The van der Waals surface area contributed by atoms with Gasteiger partial charge in [-0.2, -0.15) is 0 Å². The summed E-state index contributed by atoms with van der Waals surface area (Å²) >= 11 is 0. The van der Waals surface area contributed by atoms with Crippen LogP contribution in [0.5, 0.6) is 5.75 Å². The van der Waals surface area contributed by atoms with E-state index in [0.717, 1.165) is 49.5 Å². The van der Waals surface area contributed by atoms with Crippen molar-refractivity contribution < 1.29 is 9.53 Å². The summed E-state index contributed by atoms with van der Waals surface area (Å²) in [6.45, 7) is 3.23. The third kappa shape index (κ3) is 5.58. The third-order valence-corrected chi connectivity index (χ3v) is 5.98. The molecule has 0 unspecified atom stereocenters. The van der Waals surface area contributed by atoms with Gasteiger partial charge in [0.15, 0.2) is 0 Å². The van der Waals surface area contributed by atoms with Gasteiger partial charge < -0.3 is 14.5 Å². The first-order valence-corrected chi connectivity index (χ1v) is 11.2. The quantitative estimate of drug-likeness (QED) is 0.529. The van der Waals surface area contributed by atoms with Crippen molar-refractivity contribution in [2.75, 3.05) is 38.2 Å². The zero-order valence-electron chi connectivity index (χ0n) is 18.6. The van der Waals surface area contributed by atoms with Gasteiger partial charge in [-0.15, -0.1) is 0 Å². The minimum atomic E-state index is 0.188. The third-order valence-electron chi connectivity index (χ3n) is 5.98. The topological polar surface area (TPSA) is 32.8 Å². The average molecular weight is 427 g/mol. The van der Waals surface area contributed by atoms with Crippen LogP contribution < -0.4 is 9.64 Å². The van der Waals surface area contributed by atoms with Gasteiger partial charge in [0.05, 0.1) is 13.5 Å². The normalized spacial score (nSPS) is 14.3. The standard InChI is InChI=1S/C28H30N2O2/c1-32-27-16-14-24(15-17-27)25(13-12-23-8-4-2-5-9-23)22-28(31)30-20-18-29(19-21-30)26-10-6-3-7-11-26/h2-11,13-17H,12,18-22H2,1H3/b25-13-. The first kappa shape index (κ1) is 21.7. The fraction of sp³-hybridized carbons (Fsp3) is 0.250. The van der Waals surface area contributed by atoms with E-state index in [1.807, 2.05) is 53.4 Å². The molecular formula is C28H30N2O2. The van der Waals surface area contributed by atoms with Crippen molar-refractivity contribution in [3.63, 3.8) is 0 Å². The zero-order chi connectivity index (χ0) is 22.2. The SMILES string of the molecule is COc1ccc(/C(=C\Cc2ccccc2)CC(=O)N2CCN(c3ccccc3)CC2)cc1. The summed E-state index contributed by atoms with van der Waals surface area (Å²) in [7, 11) is 1.67. The van der Waals surface area contributed by atoms with Crippen LogP contribution in [0.1, 0.15) is 17.5 Å². The Labute approximate surface area is 190 Å². The number of benzene rings is 3. The lowest BCUT2D eigenvalue weighted by molar-refractivity contribution is -0.130. The van der Waals surface area contributed by atoms with E-state index in [1.165, 1.54) is 11.3 Å². The number of methoxy groups -OCH3 is 1. The summed E-state index contributed by atoms with van der Waals surface area (Å²) in [5.41, 5.74) is 4.59. The van der Waals surface area contributed by atoms with Gasteiger partial charge in [0.25, 0.3) is 0 Å². The lowest BCUT2D eigenvalue weighted by atomic mass is 9.99. The van der Waals surface area contributed by atoms with E-state index >= 15 is 0 Å². The maximum absolute atomic E-state index is 13.2. The number of allylic oxidation sites excluding steroid dienone is 1.